The molecule has 2 aromatic carbocycles. The number of methoxy groups -OCH3 is 3. The van der Waals surface area contributed by atoms with Crippen molar-refractivity contribution in [2.75, 3.05) is 21.3 Å². The third kappa shape index (κ3) is 4.79. The van der Waals surface area contributed by atoms with Gasteiger partial charge in [0.2, 0.25) is 5.75 Å². The van der Waals surface area contributed by atoms with Gasteiger partial charge in [-0.2, -0.15) is 0 Å². The van der Waals surface area contributed by atoms with Gasteiger partial charge in [0.1, 0.15) is 5.78 Å². The Morgan fingerprint density at radius 3 is 2.19 bits per heavy atom. The highest BCUT2D eigenvalue weighted by Crippen LogP contribution is 2.39. The summed E-state index contributed by atoms with van der Waals surface area (Å²) < 4.78 is 16.2. The van der Waals surface area contributed by atoms with E-state index < -0.39 is 0 Å². The van der Waals surface area contributed by atoms with Crippen LogP contribution in [0.15, 0.2) is 48.7 Å². The first-order valence-corrected chi connectivity index (χ1v) is 10.1. The van der Waals surface area contributed by atoms with Gasteiger partial charge in [0.15, 0.2) is 17.3 Å². The molecule has 0 spiro atoms. The van der Waals surface area contributed by atoms with Gasteiger partial charge in [0, 0.05) is 35.9 Å². The van der Waals surface area contributed by atoms with Gasteiger partial charge in [0.05, 0.1) is 21.3 Å². The minimum Gasteiger partial charge on any atom is -0.493 e. The molecule has 0 atom stereocenters. The van der Waals surface area contributed by atoms with Crippen LogP contribution in [-0.2, 0) is 11.2 Å². The van der Waals surface area contributed by atoms with Gasteiger partial charge >= 0.3 is 0 Å². The molecule has 0 fully saturated rings. The van der Waals surface area contributed by atoms with Crippen molar-refractivity contribution in [3.05, 3.63) is 65.4 Å². The number of aromatic nitrogens is 1. The van der Waals surface area contributed by atoms with E-state index in [9.17, 15) is 9.59 Å². The van der Waals surface area contributed by atoms with Crippen LogP contribution in [0.25, 0.3) is 11.3 Å². The van der Waals surface area contributed by atoms with E-state index in [1.807, 2.05) is 43.5 Å². The molecule has 6 nitrogen and oxygen atoms in total. The standard InChI is InChI=1S/C25H27NO5/c1-5-7-19(27)12-16-9-10-17(21-8-6-11-26-21)13-20(16)24(28)18-14-22(29-2)25(31-4)23(15-18)30-3/h6,8-11,13-15,26H,5,7,12H2,1-4H3. The smallest absolute Gasteiger partial charge is 0.203 e. The maximum Gasteiger partial charge on any atom is 0.203 e. The molecule has 0 aliphatic rings. The van der Waals surface area contributed by atoms with Crippen LogP contribution in [0.2, 0.25) is 0 Å². The van der Waals surface area contributed by atoms with Crippen molar-refractivity contribution in [3.8, 4) is 28.5 Å². The summed E-state index contributed by atoms with van der Waals surface area (Å²) in [6, 6.07) is 12.7. The number of nitrogens with one attached hydrogen (secondary N) is 1. The number of rotatable bonds is 10. The van der Waals surface area contributed by atoms with E-state index in [4.69, 9.17) is 14.2 Å². The molecule has 3 rings (SSSR count). The number of ether oxygens (including phenoxy) is 3. The van der Waals surface area contributed by atoms with Crippen LogP contribution in [0, 0.1) is 0 Å². The minimum absolute atomic E-state index is 0.106. The van der Waals surface area contributed by atoms with Crippen molar-refractivity contribution in [2.45, 2.75) is 26.2 Å². The number of hydrogen-bond donors (Lipinski definition) is 1. The van der Waals surface area contributed by atoms with E-state index in [1.54, 1.807) is 12.1 Å². The highest BCUT2D eigenvalue weighted by molar-refractivity contribution is 6.11. The Morgan fingerprint density at radius 1 is 0.935 bits per heavy atom. The SMILES string of the molecule is CCCC(=O)Cc1ccc(-c2ccc[nH]2)cc1C(=O)c1cc(OC)c(OC)c(OC)c1. The molecule has 0 unspecified atom stereocenters. The number of ketones is 2. The van der Waals surface area contributed by atoms with Gasteiger partial charge in [-0.05, 0) is 47.9 Å². The molecule has 31 heavy (non-hydrogen) atoms. The van der Waals surface area contributed by atoms with Crippen LogP contribution in [0.1, 0.15) is 41.3 Å². The lowest BCUT2D eigenvalue weighted by atomic mass is 9.92. The summed E-state index contributed by atoms with van der Waals surface area (Å²) in [4.78, 5) is 29.1. The van der Waals surface area contributed by atoms with Gasteiger partial charge in [-0.3, -0.25) is 9.59 Å². The van der Waals surface area contributed by atoms with Crippen molar-refractivity contribution in [2.24, 2.45) is 0 Å². The average molecular weight is 421 g/mol. The van der Waals surface area contributed by atoms with Crippen molar-refractivity contribution >= 4 is 11.6 Å². The predicted molar refractivity (Wildman–Crippen MR) is 119 cm³/mol. The number of aromatic amines is 1. The number of hydrogen-bond acceptors (Lipinski definition) is 5. The summed E-state index contributed by atoms with van der Waals surface area (Å²) in [7, 11) is 4.53. The zero-order valence-electron chi connectivity index (χ0n) is 18.3. The van der Waals surface area contributed by atoms with Crippen LogP contribution in [0.5, 0.6) is 17.2 Å². The molecular weight excluding hydrogens is 394 g/mol. The third-order valence-electron chi connectivity index (χ3n) is 5.11. The first-order chi connectivity index (χ1) is 15.0. The summed E-state index contributed by atoms with van der Waals surface area (Å²) in [5, 5.41) is 0. The largest absolute Gasteiger partial charge is 0.493 e. The van der Waals surface area contributed by atoms with Crippen molar-refractivity contribution in [1.29, 1.82) is 0 Å². The Kier molecular flexibility index (Phi) is 7.13. The number of benzene rings is 2. The maximum atomic E-state index is 13.6. The van der Waals surface area contributed by atoms with E-state index in [1.165, 1.54) is 21.3 Å². The predicted octanol–water partition coefficient (Wildman–Crippen LogP) is 4.85. The molecule has 1 aromatic heterocycles. The quantitative estimate of drug-likeness (QED) is 0.474. The normalized spacial score (nSPS) is 10.6. The van der Waals surface area contributed by atoms with Gasteiger partial charge in [-0.25, -0.2) is 0 Å². The fourth-order valence-corrected chi connectivity index (χ4v) is 3.57. The topological polar surface area (TPSA) is 77.6 Å². The van der Waals surface area contributed by atoms with Crippen LogP contribution in [0.4, 0.5) is 0 Å². The molecule has 0 saturated heterocycles. The molecule has 6 heteroatoms. The Labute approximate surface area is 182 Å². The summed E-state index contributed by atoms with van der Waals surface area (Å²) in [5.74, 6) is 1.10. The van der Waals surface area contributed by atoms with Crippen LogP contribution in [-0.4, -0.2) is 37.9 Å². The number of H-pyrrole nitrogens is 1. The van der Waals surface area contributed by atoms with E-state index in [2.05, 4.69) is 4.98 Å². The number of carbonyl (C=O) groups excluding carboxylic acids is 2. The molecule has 1 heterocycles. The highest BCUT2D eigenvalue weighted by atomic mass is 16.5. The minimum atomic E-state index is -0.216. The lowest BCUT2D eigenvalue weighted by molar-refractivity contribution is -0.118. The van der Waals surface area contributed by atoms with Crippen LogP contribution >= 0.6 is 0 Å². The summed E-state index contributed by atoms with van der Waals surface area (Å²) in [6.07, 6.45) is 3.30. The van der Waals surface area contributed by atoms with E-state index >= 15 is 0 Å². The lowest BCUT2D eigenvalue weighted by Gasteiger charge is -2.15. The van der Waals surface area contributed by atoms with Crippen LogP contribution in [0.3, 0.4) is 0 Å². The monoisotopic (exact) mass is 421 g/mol. The second-order valence-electron chi connectivity index (χ2n) is 7.16. The van der Waals surface area contributed by atoms with Gasteiger partial charge in [-0.1, -0.05) is 19.1 Å². The fraction of sp³-hybridized carbons (Fsp3) is 0.280. The zero-order chi connectivity index (χ0) is 22.4. The Hall–Kier alpha value is -3.54. The van der Waals surface area contributed by atoms with Crippen molar-refractivity contribution in [1.82, 2.24) is 4.98 Å². The van der Waals surface area contributed by atoms with Gasteiger partial charge < -0.3 is 19.2 Å². The Bertz CT molecular complexity index is 1040. The summed E-state index contributed by atoms with van der Waals surface area (Å²) >= 11 is 0. The molecule has 162 valence electrons. The van der Waals surface area contributed by atoms with Gasteiger partial charge in [0.25, 0.3) is 0 Å². The summed E-state index contributed by atoms with van der Waals surface area (Å²) in [5.41, 5.74) is 3.33. The van der Waals surface area contributed by atoms with Crippen LogP contribution < -0.4 is 14.2 Å². The zero-order valence-corrected chi connectivity index (χ0v) is 18.3. The van der Waals surface area contributed by atoms with E-state index in [0.29, 0.717) is 40.4 Å². The molecule has 0 aliphatic carbocycles. The molecule has 1 N–H and O–H groups in total. The number of carbonyl (C=O) groups is 2. The lowest BCUT2D eigenvalue weighted by Crippen LogP contribution is -2.11. The molecule has 3 aromatic rings. The maximum absolute atomic E-state index is 13.6. The fourth-order valence-electron chi connectivity index (χ4n) is 3.57. The average Bonchev–Trinajstić information content (AvgIpc) is 3.33. The molecular formula is C25H27NO5. The first kappa shape index (κ1) is 22.2. The van der Waals surface area contributed by atoms with Crippen molar-refractivity contribution < 1.29 is 23.8 Å². The van der Waals surface area contributed by atoms with E-state index in [0.717, 1.165) is 17.7 Å². The molecule has 0 radical (unpaired) electrons. The Morgan fingerprint density at radius 2 is 1.65 bits per heavy atom. The molecule has 0 bridgehead atoms. The number of Topliss-reactive ketones (excluding diaryl/α,β-unsaturated/α-hetero) is 1. The summed E-state index contributed by atoms with van der Waals surface area (Å²) in [6.45, 7) is 1.97. The highest BCUT2D eigenvalue weighted by Gasteiger charge is 2.21. The van der Waals surface area contributed by atoms with E-state index in [-0.39, 0.29) is 18.0 Å². The van der Waals surface area contributed by atoms with Crippen molar-refractivity contribution in [3.63, 3.8) is 0 Å². The third-order valence-corrected chi connectivity index (χ3v) is 5.11. The Balaban J connectivity index is 2.11. The molecule has 0 amide bonds. The molecule has 0 saturated carbocycles. The second kappa shape index (κ2) is 9.98. The first-order valence-electron chi connectivity index (χ1n) is 10.1. The van der Waals surface area contributed by atoms with Gasteiger partial charge in [-0.15, -0.1) is 0 Å². The molecule has 0 aliphatic heterocycles. The second-order valence-corrected chi connectivity index (χ2v) is 7.16.